The second-order valence-electron chi connectivity index (χ2n) is 5.75. The van der Waals surface area contributed by atoms with Gasteiger partial charge >= 0.3 is 0 Å². The van der Waals surface area contributed by atoms with E-state index in [-0.39, 0.29) is 16.9 Å². The smallest absolute Gasteiger partial charge is 0.235 e. The fourth-order valence-corrected chi connectivity index (χ4v) is 2.29. The molecule has 0 aliphatic carbocycles. The molecule has 0 bridgehead atoms. The molecule has 1 amide bonds. The molecule has 0 radical (unpaired) electrons. The van der Waals surface area contributed by atoms with Gasteiger partial charge in [0.25, 0.3) is 0 Å². The molecule has 1 aliphatic rings. The normalized spacial score (nSPS) is 24.7. The van der Waals surface area contributed by atoms with E-state index in [4.69, 9.17) is 18.0 Å². The molecule has 0 spiro atoms. The van der Waals surface area contributed by atoms with Crippen LogP contribution in [0.2, 0.25) is 0 Å². The highest BCUT2D eigenvalue weighted by Gasteiger charge is 2.42. The third-order valence-electron chi connectivity index (χ3n) is 3.38. The van der Waals surface area contributed by atoms with E-state index < -0.39 is 11.5 Å². The van der Waals surface area contributed by atoms with Gasteiger partial charge in [-0.15, -0.1) is 0 Å². The van der Waals surface area contributed by atoms with Crippen molar-refractivity contribution in [2.24, 2.45) is 11.1 Å². The van der Waals surface area contributed by atoms with Crippen LogP contribution in [0.15, 0.2) is 0 Å². The van der Waals surface area contributed by atoms with Gasteiger partial charge in [0.1, 0.15) is 0 Å². The van der Waals surface area contributed by atoms with Crippen molar-refractivity contribution < 1.29 is 9.90 Å². The van der Waals surface area contributed by atoms with Crippen LogP contribution in [0.25, 0.3) is 0 Å². The SMILES string of the molecule is CN(C)CC1CC(O)CN1C(=O)C(C)(C)C(N)=S. The first kappa shape index (κ1) is 15.3. The third kappa shape index (κ3) is 3.18. The summed E-state index contributed by atoms with van der Waals surface area (Å²) in [5, 5.41) is 9.76. The van der Waals surface area contributed by atoms with Crippen LogP contribution in [0.3, 0.4) is 0 Å². The molecule has 0 aromatic heterocycles. The lowest BCUT2D eigenvalue weighted by Crippen LogP contribution is -2.51. The molecule has 6 heteroatoms. The van der Waals surface area contributed by atoms with Crippen LogP contribution in [-0.4, -0.2) is 65.1 Å². The Kier molecular flexibility index (Phi) is 4.69. The number of rotatable bonds is 4. The number of likely N-dealkylation sites (tertiary alicyclic amines) is 1. The quantitative estimate of drug-likeness (QED) is 0.696. The molecule has 1 aliphatic heterocycles. The van der Waals surface area contributed by atoms with Crippen molar-refractivity contribution in [1.82, 2.24) is 9.80 Å². The van der Waals surface area contributed by atoms with E-state index in [1.165, 1.54) is 0 Å². The summed E-state index contributed by atoms with van der Waals surface area (Å²) in [6, 6.07) is 0.0242. The van der Waals surface area contributed by atoms with E-state index >= 15 is 0 Å². The summed E-state index contributed by atoms with van der Waals surface area (Å²) in [6.07, 6.45) is 0.151. The van der Waals surface area contributed by atoms with Crippen molar-refractivity contribution in [3.05, 3.63) is 0 Å². The second-order valence-corrected chi connectivity index (χ2v) is 6.19. The maximum absolute atomic E-state index is 12.5. The summed E-state index contributed by atoms with van der Waals surface area (Å²) >= 11 is 4.96. The van der Waals surface area contributed by atoms with Gasteiger partial charge in [-0.3, -0.25) is 4.79 Å². The Bertz CT molecular complexity index is 344. The number of aliphatic hydroxyl groups excluding tert-OH is 1. The van der Waals surface area contributed by atoms with Crippen LogP contribution in [0.1, 0.15) is 20.3 Å². The highest BCUT2D eigenvalue weighted by atomic mass is 32.1. The molecule has 1 fully saturated rings. The number of hydrogen-bond donors (Lipinski definition) is 2. The lowest BCUT2D eigenvalue weighted by Gasteiger charge is -2.33. The number of thiocarbonyl (C=S) groups is 1. The first-order valence-corrected chi connectivity index (χ1v) is 6.51. The van der Waals surface area contributed by atoms with Crippen LogP contribution in [0, 0.1) is 5.41 Å². The lowest BCUT2D eigenvalue weighted by molar-refractivity contribution is -0.138. The Morgan fingerprint density at radius 2 is 2.11 bits per heavy atom. The monoisotopic (exact) mass is 273 g/mol. The van der Waals surface area contributed by atoms with Gasteiger partial charge in [0.15, 0.2) is 0 Å². The van der Waals surface area contributed by atoms with Crippen LogP contribution >= 0.6 is 12.2 Å². The Hall–Kier alpha value is -0.720. The van der Waals surface area contributed by atoms with Gasteiger partial charge in [0, 0.05) is 19.1 Å². The molecule has 0 aromatic rings. The summed E-state index contributed by atoms with van der Waals surface area (Å²) in [4.78, 5) is 16.4. The number of carbonyl (C=O) groups excluding carboxylic acids is 1. The molecule has 3 N–H and O–H groups in total. The topological polar surface area (TPSA) is 69.8 Å². The standard InChI is InChI=1S/C12H23N3O2S/c1-12(2,10(13)18)11(17)15-7-9(16)5-8(15)6-14(3)4/h8-9,16H,5-7H2,1-4H3,(H2,13,18). The van der Waals surface area contributed by atoms with Gasteiger partial charge in [0.05, 0.1) is 16.5 Å². The number of hydrogen-bond acceptors (Lipinski definition) is 4. The van der Waals surface area contributed by atoms with E-state index in [0.29, 0.717) is 13.0 Å². The lowest BCUT2D eigenvalue weighted by atomic mass is 9.91. The fraction of sp³-hybridized carbons (Fsp3) is 0.833. The molecule has 2 atom stereocenters. The van der Waals surface area contributed by atoms with Crippen molar-refractivity contribution in [2.75, 3.05) is 27.2 Å². The van der Waals surface area contributed by atoms with Crippen LogP contribution in [0.4, 0.5) is 0 Å². The Balaban J connectivity index is 2.86. The molecule has 0 aromatic carbocycles. The van der Waals surface area contributed by atoms with Gasteiger partial charge in [-0.25, -0.2) is 0 Å². The Labute approximate surface area is 114 Å². The first-order chi connectivity index (χ1) is 8.16. The largest absolute Gasteiger partial charge is 0.392 e. The van der Waals surface area contributed by atoms with Crippen molar-refractivity contribution in [3.63, 3.8) is 0 Å². The molecule has 2 unspecified atom stereocenters. The number of amides is 1. The summed E-state index contributed by atoms with van der Waals surface area (Å²) < 4.78 is 0. The average molecular weight is 273 g/mol. The number of nitrogens with two attached hydrogens (primary N) is 1. The molecule has 0 saturated carbocycles. The van der Waals surface area contributed by atoms with Gasteiger partial charge in [-0.1, -0.05) is 12.2 Å². The maximum atomic E-state index is 12.5. The zero-order valence-electron chi connectivity index (χ0n) is 11.5. The number of aliphatic hydroxyl groups is 1. The Morgan fingerprint density at radius 3 is 2.56 bits per heavy atom. The molecule has 1 heterocycles. The minimum atomic E-state index is -0.857. The number of likely N-dealkylation sites (N-methyl/N-ethyl adjacent to an activating group) is 1. The second kappa shape index (κ2) is 5.50. The Morgan fingerprint density at radius 1 is 1.56 bits per heavy atom. The van der Waals surface area contributed by atoms with E-state index in [0.717, 1.165) is 6.54 Å². The van der Waals surface area contributed by atoms with E-state index in [2.05, 4.69) is 0 Å². The van der Waals surface area contributed by atoms with Crippen LogP contribution < -0.4 is 5.73 Å². The van der Waals surface area contributed by atoms with Crippen molar-refractivity contribution in [2.45, 2.75) is 32.4 Å². The summed E-state index contributed by atoms with van der Waals surface area (Å²) in [7, 11) is 3.90. The van der Waals surface area contributed by atoms with Gasteiger partial charge in [0.2, 0.25) is 5.91 Å². The molecular formula is C12H23N3O2S. The average Bonchev–Trinajstić information content (AvgIpc) is 2.56. The van der Waals surface area contributed by atoms with Gasteiger partial charge in [-0.05, 0) is 34.4 Å². The van der Waals surface area contributed by atoms with Crippen LogP contribution in [-0.2, 0) is 4.79 Å². The van der Waals surface area contributed by atoms with Crippen LogP contribution in [0.5, 0.6) is 0 Å². The first-order valence-electron chi connectivity index (χ1n) is 6.10. The van der Waals surface area contributed by atoms with Gasteiger partial charge in [-0.2, -0.15) is 0 Å². The minimum absolute atomic E-state index is 0.0242. The number of β-amino-alcohol motifs (C(OH)–C–C–N with tert-alkyl or cyclic N) is 1. The van der Waals surface area contributed by atoms with E-state index in [1.54, 1.807) is 18.7 Å². The van der Waals surface area contributed by atoms with Gasteiger partial charge < -0.3 is 20.6 Å². The predicted molar refractivity (Wildman–Crippen MR) is 75.2 cm³/mol. The highest BCUT2D eigenvalue weighted by molar-refractivity contribution is 7.80. The molecule has 5 nitrogen and oxygen atoms in total. The van der Waals surface area contributed by atoms with Crippen molar-refractivity contribution >= 4 is 23.1 Å². The number of nitrogens with zero attached hydrogens (tertiary/aromatic N) is 2. The highest BCUT2D eigenvalue weighted by Crippen LogP contribution is 2.26. The van der Waals surface area contributed by atoms with E-state index in [9.17, 15) is 9.90 Å². The predicted octanol–water partition coefficient (Wildman–Crippen LogP) is -0.178. The zero-order chi connectivity index (χ0) is 14.1. The third-order valence-corrected chi connectivity index (χ3v) is 3.89. The maximum Gasteiger partial charge on any atom is 0.235 e. The minimum Gasteiger partial charge on any atom is -0.392 e. The molecule has 1 saturated heterocycles. The number of carbonyl (C=O) groups is 1. The van der Waals surface area contributed by atoms with E-state index in [1.807, 2.05) is 19.0 Å². The zero-order valence-corrected chi connectivity index (χ0v) is 12.3. The van der Waals surface area contributed by atoms with Crippen molar-refractivity contribution in [1.29, 1.82) is 0 Å². The summed E-state index contributed by atoms with van der Waals surface area (Å²) in [5.41, 5.74) is 4.77. The summed E-state index contributed by atoms with van der Waals surface area (Å²) in [5.74, 6) is -0.0987. The fourth-order valence-electron chi connectivity index (χ4n) is 2.20. The van der Waals surface area contributed by atoms with Crippen molar-refractivity contribution in [3.8, 4) is 0 Å². The molecule has 104 valence electrons. The summed E-state index contributed by atoms with van der Waals surface area (Å²) in [6.45, 7) is 4.56. The molecule has 1 rings (SSSR count). The molecule has 18 heavy (non-hydrogen) atoms. The molecular weight excluding hydrogens is 250 g/mol.